The molecule has 0 bridgehead atoms. The minimum atomic E-state index is 0.581. The van der Waals surface area contributed by atoms with Gasteiger partial charge in [-0.25, -0.2) is 9.97 Å². The third kappa shape index (κ3) is 1.66. The van der Waals surface area contributed by atoms with Crippen molar-refractivity contribution in [1.82, 2.24) is 9.97 Å². The monoisotopic (exact) mass is 202 g/mol. The summed E-state index contributed by atoms with van der Waals surface area (Å²) < 4.78 is 0. The van der Waals surface area contributed by atoms with Gasteiger partial charge in [-0.1, -0.05) is 13.8 Å². The molecule has 2 fully saturated rings. The van der Waals surface area contributed by atoms with Crippen molar-refractivity contribution in [2.75, 3.05) is 0 Å². The molecule has 0 aliphatic heterocycles. The Morgan fingerprint density at radius 3 is 1.80 bits per heavy atom. The van der Waals surface area contributed by atoms with E-state index in [2.05, 4.69) is 23.8 Å². The summed E-state index contributed by atoms with van der Waals surface area (Å²) in [4.78, 5) is 9.04. The van der Waals surface area contributed by atoms with E-state index in [9.17, 15) is 0 Å². The van der Waals surface area contributed by atoms with Crippen LogP contribution < -0.4 is 0 Å². The Hall–Kier alpha value is -0.920. The molecule has 1 aromatic rings. The molecule has 15 heavy (non-hydrogen) atoms. The Bertz CT molecular complexity index is 346. The van der Waals surface area contributed by atoms with E-state index in [1.807, 2.05) is 0 Å². The van der Waals surface area contributed by atoms with Crippen molar-refractivity contribution in [1.29, 1.82) is 0 Å². The smallest absolute Gasteiger partial charge is 0.115 e. The molecule has 1 aromatic heterocycles. The highest BCUT2D eigenvalue weighted by molar-refractivity contribution is 5.36. The highest BCUT2D eigenvalue weighted by Crippen LogP contribution is 2.47. The molecule has 0 saturated heterocycles. The summed E-state index contributed by atoms with van der Waals surface area (Å²) in [6.45, 7) is 4.55. The molecule has 0 atom stereocenters. The summed E-state index contributed by atoms with van der Waals surface area (Å²) in [6, 6.07) is 0. The summed E-state index contributed by atoms with van der Waals surface area (Å²) in [5, 5.41) is 0. The van der Waals surface area contributed by atoms with Gasteiger partial charge in [-0.05, 0) is 37.2 Å². The minimum Gasteiger partial charge on any atom is -0.241 e. The fourth-order valence-electron chi connectivity index (χ4n) is 2.38. The summed E-state index contributed by atoms with van der Waals surface area (Å²) in [6.07, 6.45) is 7.12. The van der Waals surface area contributed by atoms with Crippen molar-refractivity contribution in [3.05, 3.63) is 23.3 Å². The van der Waals surface area contributed by atoms with Gasteiger partial charge < -0.3 is 0 Å². The van der Waals surface area contributed by atoms with E-state index in [0.717, 1.165) is 11.8 Å². The first-order chi connectivity index (χ1) is 7.27. The first-order valence-corrected chi connectivity index (χ1v) is 6.12. The van der Waals surface area contributed by atoms with Crippen molar-refractivity contribution < 1.29 is 0 Å². The fourth-order valence-corrected chi connectivity index (χ4v) is 2.38. The number of aromatic nitrogens is 2. The van der Waals surface area contributed by atoms with E-state index in [4.69, 9.17) is 0 Å². The van der Waals surface area contributed by atoms with Crippen LogP contribution in [0.2, 0.25) is 0 Å². The van der Waals surface area contributed by atoms with Crippen LogP contribution in [0.4, 0.5) is 0 Å². The standard InChI is InChI=1S/C13H18N2/c1-8(2)11-12(9-3-4-9)14-7-15-13(11)10-5-6-10/h7-10H,3-6H2,1-2H3. The van der Waals surface area contributed by atoms with Gasteiger partial charge in [0.2, 0.25) is 0 Å². The predicted molar refractivity (Wildman–Crippen MR) is 60.1 cm³/mol. The van der Waals surface area contributed by atoms with Gasteiger partial charge in [-0.3, -0.25) is 0 Å². The molecule has 2 saturated carbocycles. The quantitative estimate of drug-likeness (QED) is 0.751. The normalized spacial score (nSPS) is 21.0. The van der Waals surface area contributed by atoms with Gasteiger partial charge in [0.25, 0.3) is 0 Å². The lowest BCUT2D eigenvalue weighted by Crippen LogP contribution is -2.05. The number of nitrogens with zero attached hydrogens (tertiary/aromatic N) is 2. The molecule has 2 aliphatic carbocycles. The van der Waals surface area contributed by atoms with E-state index in [1.165, 1.54) is 42.6 Å². The summed E-state index contributed by atoms with van der Waals surface area (Å²) in [5.74, 6) is 2.09. The van der Waals surface area contributed by atoms with Gasteiger partial charge in [0, 0.05) is 11.8 Å². The summed E-state index contributed by atoms with van der Waals surface area (Å²) >= 11 is 0. The molecule has 2 nitrogen and oxygen atoms in total. The topological polar surface area (TPSA) is 25.8 Å². The van der Waals surface area contributed by atoms with Gasteiger partial charge in [0.05, 0.1) is 11.4 Å². The maximum Gasteiger partial charge on any atom is 0.115 e. The van der Waals surface area contributed by atoms with Gasteiger partial charge in [-0.2, -0.15) is 0 Å². The Balaban J connectivity index is 2.08. The maximum absolute atomic E-state index is 4.52. The predicted octanol–water partition coefficient (Wildman–Crippen LogP) is 3.35. The van der Waals surface area contributed by atoms with Gasteiger partial charge >= 0.3 is 0 Å². The number of hydrogen-bond acceptors (Lipinski definition) is 2. The zero-order valence-corrected chi connectivity index (χ0v) is 9.53. The molecule has 0 N–H and O–H groups in total. The second-order valence-electron chi connectivity index (χ2n) is 5.26. The second-order valence-corrected chi connectivity index (χ2v) is 5.26. The fraction of sp³-hybridized carbons (Fsp3) is 0.692. The van der Waals surface area contributed by atoms with Crippen LogP contribution in [0.25, 0.3) is 0 Å². The molecule has 3 rings (SSSR count). The number of rotatable bonds is 3. The van der Waals surface area contributed by atoms with Crippen LogP contribution >= 0.6 is 0 Å². The van der Waals surface area contributed by atoms with Crippen LogP contribution in [0.3, 0.4) is 0 Å². The van der Waals surface area contributed by atoms with E-state index in [-0.39, 0.29) is 0 Å². The minimum absolute atomic E-state index is 0.581. The van der Waals surface area contributed by atoms with Crippen LogP contribution in [0.1, 0.15) is 74.2 Å². The van der Waals surface area contributed by atoms with Crippen LogP contribution in [0.15, 0.2) is 6.33 Å². The van der Waals surface area contributed by atoms with E-state index in [0.29, 0.717) is 5.92 Å². The zero-order valence-electron chi connectivity index (χ0n) is 9.53. The van der Waals surface area contributed by atoms with Crippen molar-refractivity contribution in [2.24, 2.45) is 0 Å². The lowest BCUT2D eigenvalue weighted by atomic mass is 9.95. The van der Waals surface area contributed by atoms with Gasteiger partial charge in [0.15, 0.2) is 0 Å². The van der Waals surface area contributed by atoms with Crippen LogP contribution in [0, 0.1) is 0 Å². The van der Waals surface area contributed by atoms with Gasteiger partial charge in [-0.15, -0.1) is 0 Å². The van der Waals surface area contributed by atoms with E-state index in [1.54, 1.807) is 6.33 Å². The van der Waals surface area contributed by atoms with Crippen LogP contribution in [0.5, 0.6) is 0 Å². The van der Waals surface area contributed by atoms with E-state index < -0.39 is 0 Å². The van der Waals surface area contributed by atoms with Crippen molar-refractivity contribution >= 4 is 0 Å². The maximum atomic E-state index is 4.52. The molecule has 0 amide bonds. The molecule has 0 aromatic carbocycles. The molecule has 0 unspecified atom stereocenters. The van der Waals surface area contributed by atoms with Crippen molar-refractivity contribution in [3.63, 3.8) is 0 Å². The molecule has 2 heteroatoms. The molecular weight excluding hydrogens is 184 g/mol. The Labute approximate surface area is 91.1 Å². The molecule has 80 valence electrons. The van der Waals surface area contributed by atoms with E-state index >= 15 is 0 Å². The first-order valence-electron chi connectivity index (χ1n) is 6.12. The zero-order chi connectivity index (χ0) is 10.4. The highest BCUT2D eigenvalue weighted by atomic mass is 14.9. The third-order valence-electron chi connectivity index (χ3n) is 3.45. The molecule has 2 aliphatic rings. The molecular formula is C13H18N2. The van der Waals surface area contributed by atoms with Crippen molar-refractivity contribution in [2.45, 2.75) is 57.3 Å². The molecule has 0 radical (unpaired) electrons. The summed E-state index contributed by atoms with van der Waals surface area (Å²) in [5.41, 5.74) is 4.20. The average Bonchev–Trinajstić information content (AvgIpc) is 3.07. The Morgan fingerprint density at radius 2 is 1.47 bits per heavy atom. The van der Waals surface area contributed by atoms with Crippen LogP contribution in [-0.4, -0.2) is 9.97 Å². The first kappa shape index (κ1) is 9.32. The Morgan fingerprint density at radius 1 is 1.00 bits per heavy atom. The van der Waals surface area contributed by atoms with Gasteiger partial charge in [0.1, 0.15) is 6.33 Å². The lowest BCUT2D eigenvalue weighted by Gasteiger charge is -2.15. The molecule has 1 heterocycles. The van der Waals surface area contributed by atoms with Crippen LogP contribution in [-0.2, 0) is 0 Å². The largest absolute Gasteiger partial charge is 0.241 e. The lowest BCUT2D eigenvalue weighted by molar-refractivity contribution is 0.770. The highest BCUT2D eigenvalue weighted by Gasteiger charge is 2.34. The average molecular weight is 202 g/mol. The second kappa shape index (κ2) is 3.29. The third-order valence-corrected chi connectivity index (χ3v) is 3.45. The number of hydrogen-bond donors (Lipinski definition) is 0. The summed E-state index contributed by atoms with van der Waals surface area (Å²) in [7, 11) is 0. The molecule has 0 spiro atoms. The SMILES string of the molecule is CC(C)c1c(C2CC2)ncnc1C1CC1. The Kier molecular flexibility index (Phi) is 2.04. The van der Waals surface area contributed by atoms with Crippen molar-refractivity contribution in [3.8, 4) is 0 Å².